The summed E-state index contributed by atoms with van der Waals surface area (Å²) in [5, 5.41) is 3.06. The van der Waals surface area contributed by atoms with Crippen LogP contribution >= 0.6 is 10.7 Å². The van der Waals surface area contributed by atoms with Crippen LogP contribution < -0.4 is 5.32 Å². The number of rotatable bonds is 6. The third-order valence-electron chi connectivity index (χ3n) is 4.22. The Bertz CT molecular complexity index is 627. The summed E-state index contributed by atoms with van der Waals surface area (Å²) in [4.78, 5) is 12.5. The number of halogens is 1. The molecule has 0 atom stereocenters. The Balaban J connectivity index is 2.28. The zero-order valence-electron chi connectivity index (χ0n) is 12.4. The monoisotopic (exact) mass is 332 g/mol. The zero-order chi connectivity index (χ0) is 15.7. The average molecular weight is 333 g/mol. The first kappa shape index (κ1) is 16.4. The molecule has 1 fully saturated rings. The minimum Gasteiger partial charge on any atom is -0.345 e. The van der Waals surface area contributed by atoms with Gasteiger partial charge in [-0.1, -0.05) is 13.8 Å². The van der Waals surface area contributed by atoms with Crippen molar-refractivity contribution in [1.82, 2.24) is 9.88 Å². The van der Waals surface area contributed by atoms with E-state index in [2.05, 4.69) is 12.2 Å². The molecule has 1 saturated carbocycles. The number of nitrogens with one attached hydrogen (secondary N) is 1. The minimum absolute atomic E-state index is 0.0260. The molecule has 0 bridgehead atoms. The van der Waals surface area contributed by atoms with Crippen LogP contribution in [0.4, 0.5) is 0 Å². The summed E-state index contributed by atoms with van der Waals surface area (Å²) in [6, 6.07) is 1.36. The van der Waals surface area contributed by atoms with Crippen molar-refractivity contribution in [3.63, 3.8) is 0 Å². The summed E-state index contributed by atoms with van der Waals surface area (Å²) in [5.41, 5.74) is 0.231. The van der Waals surface area contributed by atoms with Crippen molar-refractivity contribution >= 4 is 25.6 Å². The molecule has 0 unspecified atom stereocenters. The Morgan fingerprint density at radius 2 is 2.10 bits per heavy atom. The van der Waals surface area contributed by atoms with E-state index in [0.717, 1.165) is 32.1 Å². The van der Waals surface area contributed by atoms with Gasteiger partial charge in [0.1, 0.15) is 10.6 Å². The van der Waals surface area contributed by atoms with Gasteiger partial charge < -0.3 is 9.88 Å². The first-order valence-corrected chi connectivity index (χ1v) is 9.59. The van der Waals surface area contributed by atoms with Crippen molar-refractivity contribution in [2.75, 3.05) is 0 Å². The maximum absolute atomic E-state index is 12.5. The molecule has 1 aliphatic carbocycles. The number of hydrogen-bond donors (Lipinski definition) is 1. The molecule has 5 nitrogen and oxygen atoms in total. The fourth-order valence-corrected chi connectivity index (χ4v) is 3.47. The summed E-state index contributed by atoms with van der Waals surface area (Å²) in [7, 11) is 1.55. The van der Waals surface area contributed by atoms with Crippen molar-refractivity contribution < 1.29 is 13.2 Å². The summed E-state index contributed by atoms with van der Waals surface area (Å²) >= 11 is 0. The molecule has 1 aliphatic rings. The second-order valence-electron chi connectivity index (χ2n) is 5.63. The maximum Gasteiger partial charge on any atom is 0.268 e. The molecule has 0 radical (unpaired) electrons. The summed E-state index contributed by atoms with van der Waals surface area (Å²) in [6.45, 7) is 4.60. The van der Waals surface area contributed by atoms with Gasteiger partial charge in [-0.3, -0.25) is 4.79 Å². The highest BCUT2D eigenvalue weighted by atomic mass is 35.7. The lowest BCUT2D eigenvalue weighted by Gasteiger charge is -2.42. The van der Waals surface area contributed by atoms with E-state index in [4.69, 9.17) is 10.7 Å². The fraction of sp³-hybridized carbons (Fsp3) is 0.643. The Morgan fingerprint density at radius 3 is 2.52 bits per heavy atom. The summed E-state index contributed by atoms with van der Waals surface area (Å²) < 4.78 is 24.6. The Morgan fingerprint density at radius 1 is 1.43 bits per heavy atom. The highest BCUT2D eigenvalue weighted by Gasteiger charge is 2.37. The van der Waals surface area contributed by atoms with Gasteiger partial charge in [0.2, 0.25) is 0 Å². The second kappa shape index (κ2) is 6.01. The standard InChI is InChI=1S/C14H21ClN2O3S/c1-3-8-17-10-11(21(15,19)20)9-12(17)13(18)16-14(4-2)6-5-7-14/h9-10H,3-8H2,1-2H3,(H,16,18). The van der Waals surface area contributed by atoms with Gasteiger partial charge in [-0.2, -0.15) is 0 Å². The van der Waals surface area contributed by atoms with Gasteiger partial charge in [-0.25, -0.2) is 8.42 Å². The zero-order valence-corrected chi connectivity index (χ0v) is 13.9. The molecule has 2 rings (SSSR count). The fourth-order valence-electron chi connectivity index (χ4n) is 2.71. The predicted molar refractivity (Wildman–Crippen MR) is 82.1 cm³/mol. The van der Waals surface area contributed by atoms with Crippen LogP contribution in [0.15, 0.2) is 17.2 Å². The SMILES string of the molecule is CCCn1cc(S(=O)(=O)Cl)cc1C(=O)NC1(CC)CCC1. The Kier molecular flexibility index (Phi) is 4.68. The number of carbonyl (C=O) groups excluding carboxylic acids is 1. The third-order valence-corrected chi connectivity index (χ3v) is 5.54. The van der Waals surface area contributed by atoms with Crippen LogP contribution in [-0.2, 0) is 15.6 Å². The van der Waals surface area contributed by atoms with Gasteiger partial charge in [0.25, 0.3) is 15.0 Å². The lowest BCUT2D eigenvalue weighted by Crippen LogP contribution is -2.53. The summed E-state index contributed by atoms with van der Waals surface area (Å²) in [6.07, 6.45) is 6.18. The first-order valence-electron chi connectivity index (χ1n) is 7.28. The molecular formula is C14H21ClN2O3S. The number of amides is 1. The van der Waals surface area contributed by atoms with Gasteiger partial charge in [0, 0.05) is 29.0 Å². The number of hydrogen-bond acceptors (Lipinski definition) is 3. The molecular weight excluding hydrogens is 312 g/mol. The van der Waals surface area contributed by atoms with Gasteiger partial charge in [-0.15, -0.1) is 0 Å². The van der Waals surface area contributed by atoms with E-state index < -0.39 is 9.05 Å². The third kappa shape index (κ3) is 3.43. The Hall–Kier alpha value is -1.01. The quantitative estimate of drug-likeness (QED) is 0.814. The topological polar surface area (TPSA) is 68.2 Å². The molecule has 0 saturated heterocycles. The Labute approximate surface area is 130 Å². The minimum atomic E-state index is -3.83. The predicted octanol–water partition coefficient (Wildman–Crippen LogP) is 2.89. The molecule has 0 aromatic carbocycles. The first-order chi connectivity index (χ1) is 9.81. The van der Waals surface area contributed by atoms with Gasteiger partial charge in [-0.05, 0) is 38.2 Å². The molecule has 1 aromatic heterocycles. The van der Waals surface area contributed by atoms with Crippen LogP contribution in [0.2, 0.25) is 0 Å². The van der Waals surface area contributed by atoms with Crippen molar-refractivity contribution in [1.29, 1.82) is 0 Å². The molecule has 21 heavy (non-hydrogen) atoms. The van der Waals surface area contributed by atoms with Crippen LogP contribution in [0.5, 0.6) is 0 Å². The molecule has 7 heteroatoms. The molecule has 0 aliphatic heterocycles. The number of aryl methyl sites for hydroxylation is 1. The molecule has 118 valence electrons. The van der Waals surface area contributed by atoms with Crippen LogP contribution in [0, 0.1) is 0 Å². The largest absolute Gasteiger partial charge is 0.345 e. The van der Waals surface area contributed by atoms with E-state index in [1.54, 1.807) is 4.57 Å². The molecule has 1 amide bonds. The molecule has 1 N–H and O–H groups in total. The number of carbonyl (C=O) groups is 1. The van der Waals surface area contributed by atoms with Crippen LogP contribution in [0.25, 0.3) is 0 Å². The number of nitrogens with zero attached hydrogens (tertiary/aromatic N) is 1. The average Bonchev–Trinajstić information content (AvgIpc) is 2.78. The van der Waals surface area contributed by atoms with E-state index in [-0.39, 0.29) is 16.3 Å². The van der Waals surface area contributed by atoms with E-state index >= 15 is 0 Å². The van der Waals surface area contributed by atoms with E-state index in [1.807, 2.05) is 6.92 Å². The normalized spacial score (nSPS) is 17.3. The molecule has 0 spiro atoms. The van der Waals surface area contributed by atoms with E-state index in [9.17, 15) is 13.2 Å². The van der Waals surface area contributed by atoms with Crippen molar-refractivity contribution in [2.45, 2.75) is 62.9 Å². The van der Waals surface area contributed by atoms with E-state index in [1.165, 1.54) is 12.3 Å². The van der Waals surface area contributed by atoms with Gasteiger partial charge in [0.15, 0.2) is 0 Å². The lowest BCUT2D eigenvalue weighted by atomic mass is 9.75. The van der Waals surface area contributed by atoms with Crippen LogP contribution in [0.1, 0.15) is 56.4 Å². The van der Waals surface area contributed by atoms with Gasteiger partial charge >= 0.3 is 0 Å². The molecule has 1 heterocycles. The maximum atomic E-state index is 12.5. The second-order valence-corrected chi connectivity index (χ2v) is 8.20. The van der Waals surface area contributed by atoms with Crippen LogP contribution in [-0.4, -0.2) is 24.4 Å². The van der Waals surface area contributed by atoms with Crippen molar-refractivity contribution in [2.24, 2.45) is 0 Å². The highest BCUT2D eigenvalue weighted by molar-refractivity contribution is 8.13. The van der Waals surface area contributed by atoms with Crippen LogP contribution in [0.3, 0.4) is 0 Å². The smallest absolute Gasteiger partial charge is 0.268 e. The van der Waals surface area contributed by atoms with Gasteiger partial charge in [0.05, 0.1) is 0 Å². The number of aromatic nitrogens is 1. The lowest BCUT2D eigenvalue weighted by molar-refractivity contribution is 0.0810. The van der Waals surface area contributed by atoms with Crippen molar-refractivity contribution in [3.8, 4) is 0 Å². The molecule has 1 aromatic rings. The highest BCUT2D eigenvalue weighted by Crippen LogP contribution is 2.35. The summed E-state index contributed by atoms with van der Waals surface area (Å²) in [5.74, 6) is -0.225. The van der Waals surface area contributed by atoms with Crippen molar-refractivity contribution in [3.05, 3.63) is 18.0 Å². The van der Waals surface area contributed by atoms with E-state index in [0.29, 0.717) is 12.2 Å².